The van der Waals surface area contributed by atoms with E-state index in [9.17, 15) is 9.59 Å². The van der Waals surface area contributed by atoms with Gasteiger partial charge < -0.3 is 14.2 Å². The predicted molar refractivity (Wildman–Crippen MR) is 278 cm³/mol. The number of hydrogen-bond donors (Lipinski definition) is 0. The van der Waals surface area contributed by atoms with Crippen LogP contribution < -0.4 is 0 Å². The van der Waals surface area contributed by atoms with Crippen molar-refractivity contribution in [3.8, 4) is 0 Å². The predicted octanol–water partition coefficient (Wildman–Crippen LogP) is 17.6. The van der Waals surface area contributed by atoms with E-state index < -0.39 is 6.10 Å². The molecule has 0 heterocycles. The van der Waals surface area contributed by atoms with Crippen LogP contribution in [0.5, 0.6) is 0 Å². The van der Waals surface area contributed by atoms with E-state index in [0.717, 1.165) is 116 Å². The second-order valence-electron chi connectivity index (χ2n) is 16.3. The smallest absolute Gasteiger partial charge is 0.310 e. The van der Waals surface area contributed by atoms with Crippen molar-refractivity contribution in [1.82, 2.24) is 0 Å². The molecule has 0 rings (SSSR count). The lowest BCUT2D eigenvalue weighted by molar-refractivity contribution is -0.162. The van der Waals surface area contributed by atoms with Crippen molar-refractivity contribution >= 4 is 11.9 Å². The third-order valence-electron chi connectivity index (χ3n) is 10.2. The summed E-state index contributed by atoms with van der Waals surface area (Å²) < 4.78 is 17.3. The zero-order valence-corrected chi connectivity index (χ0v) is 41.2. The summed E-state index contributed by atoms with van der Waals surface area (Å²) in [5.41, 5.74) is 0. The Hall–Kier alpha value is -3.96. The van der Waals surface area contributed by atoms with Crippen LogP contribution in [0, 0.1) is 0 Å². The van der Waals surface area contributed by atoms with Crippen molar-refractivity contribution in [2.75, 3.05) is 19.8 Å². The highest BCUT2D eigenvalue weighted by Crippen LogP contribution is 2.12. The number of carbonyl (C=O) groups excluding carboxylic acids is 2. The van der Waals surface area contributed by atoms with Crippen molar-refractivity contribution in [2.24, 2.45) is 0 Å². The average Bonchev–Trinajstić information content (AvgIpc) is 3.30. The van der Waals surface area contributed by atoms with E-state index in [1.165, 1.54) is 51.4 Å². The molecular weight excluding hydrogens is 789 g/mol. The molecule has 0 aromatic rings. The molecule has 0 fully saturated rings. The monoisotopic (exact) mass is 883 g/mol. The van der Waals surface area contributed by atoms with Crippen LogP contribution in [0.2, 0.25) is 0 Å². The first-order valence-corrected chi connectivity index (χ1v) is 25.7. The Morgan fingerprint density at radius 3 is 1.12 bits per heavy atom. The van der Waals surface area contributed by atoms with Gasteiger partial charge in [0.1, 0.15) is 6.61 Å². The molecule has 0 radical (unpaired) electrons. The first kappa shape index (κ1) is 60.0. The van der Waals surface area contributed by atoms with E-state index in [-0.39, 0.29) is 31.6 Å². The van der Waals surface area contributed by atoms with Crippen LogP contribution in [0.3, 0.4) is 0 Å². The summed E-state index contributed by atoms with van der Waals surface area (Å²) in [5, 5.41) is 0. The maximum absolute atomic E-state index is 12.7. The molecule has 5 heteroatoms. The number of rotatable bonds is 45. The van der Waals surface area contributed by atoms with Crippen molar-refractivity contribution in [3.63, 3.8) is 0 Å². The minimum absolute atomic E-state index is 0.0261. The Kier molecular flexibility index (Phi) is 50.1. The quantitative estimate of drug-likeness (QED) is 0.0346. The number of esters is 2. The van der Waals surface area contributed by atoms with Gasteiger partial charge in [0.15, 0.2) is 6.10 Å². The molecule has 0 saturated heterocycles. The zero-order valence-electron chi connectivity index (χ0n) is 41.2. The summed E-state index contributed by atoms with van der Waals surface area (Å²) in [5.74, 6) is -0.572. The molecule has 1 atom stereocenters. The van der Waals surface area contributed by atoms with Gasteiger partial charge in [0.25, 0.3) is 0 Å². The van der Waals surface area contributed by atoms with E-state index in [2.05, 4.69) is 142 Å². The first-order valence-electron chi connectivity index (χ1n) is 25.7. The summed E-state index contributed by atoms with van der Waals surface area (Å²) in [6.45, 7) is 7.33. The van der Waals surface area contributed by atoms with Crippen LogP contribution in [0.4, 0.5) is 0 Å². The maximum Gasteiger partial charge on any atom is 0.310 e. The van der Waals surface area contributed by atoms with Gasteiger partial charge >= 0.3 is 11.9 Å². The number of carbonyl (C=O) groups is 2. The minimum atomic E-state index is -0.611. The standard InChI is InChI=1S/C59H94O5/c1-4-7-10-13-16-19-22-25-28-30-32-34-37-40-43-46-49-52-58(60)63-56-57(55-62-54-51-48-45-42-39-36-33-29-26-23-20-17-14-11-8-5-2)64-59(61)53-50-47-44-41-38-35-31-27-24-21-18-15-12-9-6-3/h7-12,16-21,25-29,31,38,41,47,50,57H,4-6,13-15,22-24,30,32-37,39-40,42-46,48-49,51-56H2,1-3H3/b10-7-,11-8-,12-9-,19-16-,20-17-,21-18-,28-25-,29-26-,31-27-,41-38-,50-47-. The Bertz CT molecular complexity index is 1370. The fourth-order valence-corrected chi connectivity index (χ4v) is 6.50. The number of ether oxygens (including phenoxy) is 3. The molecule has 0 aliphatic carbocycles. The summed E-state index contributed by atoms with van der Waals surface area (Å²) >= 11 is 0. The normalized spacial score (nSPS) is 13.4. The van der Waals surface area contributed by atoms with Crippen molar-refractivity contribution in [1.29, 1.82) is 0 Å². The van der Waals surface area contributed by atoms with Gasteiger partial charge in [-0.1, -0.05) is 212 Å². The molecule has 5 nitrogen and oxygen atoms in total. The Morgan fingerprint density at radius 2 is 0.703 bits per heavy atom. The number of allylic oxidation sites excluding steroid dienone is 21. The van der Waals surface area contributed by atoms with Crippen LogP contribution >= 0.6 is 0 Å². The Morgan fingerprint density at radius 1 is 0.359 bits per heavy atom. The van der Waals surface area contributed by atoms with Gasteiger partial charge in [-0.15, -0.1) is 0 Å². The summed E-state index contributed by atoms with van der Waals surface area (Å²) in [7, 11) is 0. The lowest BCUT2D eigenvalue weighted by atomic mass is 10.1. The topological polar surface area (TPSA) is 61.8 Å². The number of hydrogen-bond acceptors (Lipinski definition) is 5. The lowest BCUT2D eigenvalue weighted by Crippen LogP contribution is -2.29. The molecular formula is C59H94O5. The second-order valence-corrected chi connectivity index (χ2v) is 16.3. The van der Waals surface area contributed by atoms with Gasteiger partial charge in [-0.25, -0.2) is 0 Å². The van der Waals surface area contributed by atoms with Gasteiger partial charge in [0.05, 0.1) is 13.0 Å². The fraction of sp³-hybridized carbons (Fsp3) is 0.593. The van der Waals surface area contributed by atoms with Gasteiger partial charge in [-0.3, -0.25) is 9.59 Å². The van der Waals surface area contributed by atoms with E-state index in [1.807, 2.05) is 12.2 Å². The summed E-state index contributed by atoms with van der Waals surface area (Å²) in [4.78, 5) is 25.4. The molecule has 0 bridgehead atoms. The van der Waals surface area contributed by atoms with Crippen LogP contribution in [-0.4, -0.2) is 37.9 Å². The molecule has 0 spiro atoms. The summed E-state index contributed by atoms with van der Waals surface area (Å²) in [6, 6.07) is 0. The molecule has 0 aromatic heterocycles. The van der Waals surface area contributed by atoms with Gasteiger partial charge in [0.2, 0.25) is 0 Å². The lowest BCUT2D eigenvalue weighted by Gasteiger charge is -2.18. The molecule has 64 heavy (non-hydrogen) atoms. The number of unbranched alkanes of at least 4 members (excludes halogenated alkanes) is 13. The van der Waals surface area contributed by atoms with Crippen LogP contribution in [0.1, 0.15) is 201 Å². The highest BCUT2D eigenvalue weighted by molar-refractivity contribution is 5.71. The SMILES string of the molecule is CC/C=C\C/C=C\C/C=C\C/C=C\C/C=C\CC(=O)OC(COCCCCCCCC/C=C\C/C=C\C/C=C\CC)COC(=O)CCCCCCCCC/C=C\C/C=C\C/C=C\CC. The largest absolute Gasteiger partial charge is 0.462 e. The van der Waals surface area contributed by atoms with Gasteiger partial charge in [-0.2, -0.15) is 0 Å². The Labute approximate surface area is 394 Å². The van der Waals surface area contributed by atoms with Crippen molar-refractivity contribution in [2.45, 2.75) is 207 Å². The van der Waals surface area contributed by atoms with Crippen molar-refractivity contribution in [3.05, 3.63) is 134 Å². The molecule has 1 unspecified atom stereocenters. The third-order valence-corrected chi connectivity index (χ3v) is 10.2. The van der Waals surface area contributed by atoms with E-state index in [1.54, 1.807) is 0 Å². The molecule has 0 amide bonds. The summed E-state index contributed by atoms with van der Waals surface area (Å²) in [6.07, 6.45) is 76.3. The molecule has 0 saturated carbocycles. The third kappa shape index (κ3) is 50.7. The molecule has 0 N–H and O–H groups in total. The zero-order chi connectivity index (χ0) is 46.3. The highest BCUT2D eigenvalue weighted by atomic mass is 16.6. The molecule has 0 aliphatic heterocycles. The van der Waals surface area contributed by atoms with Crippen LogP contribution in [-0.2, 0) is 23.8 Å². The van der Waals surface area contributed by atoms with Crippen molar-refractivity contribution < 1.29 is 23.8 Å². The fourth-order valence-electron chi connectivity index (χ4n) is 6.50. The molecule has 0 aromatic carbocycles. The highest BCUT2D eigenvalue weighted by Gasteiger charge is 2.17. The van der Waals surface area contributed by atoms with Crippen LogP contribution in [0.25, 0.3) is 0 Å². The van der Waals surface area contributed by atoms with E-state index in [4.69, 9.17) is 14.2 Å². The van der Waals surface area contributed by atoms with Gasteiger partial charge in [-0.05, 0) is 109 Å². The molecule has 0 aliphatic rings. The first-order chi connectivity index (χ1) is 31.6. The second kappa shape index (κ2) is 53.4. The van der Waals surface area contributed by atoms with E-state index in [0.29, 0.717) is 13.0 Å². The minimum Gasteiger partial charge on any atom is -0.462 e. The average molecular weight is 883 g/mol. The van der Waals surface area contributed by atoms with Crippen LogP contribution in [0.15, 0.2) is 134 Å². The maximum atomic E-state index is 12.7. The molecule has 360 valence electrons. The van der Waals surface area contributed by atoms with Gasteiger partial charge in [0, 0.05) is 13.0 Å². The van der Waals surface area contributed by atoms with E-state index >= 15 is 0 Å². The Balaban J connectivity index is 4.45.